The molecule has 16 heavy (non-hydrogen) atoms. The van der Waals surface area contributed by atoms with Crippen molar-refractivity contribution in [3.05, 3.63) is 24.3 Å². The molecule has 0 heterocycles. The summed E-state index contributed by atoms with van der Waals surface area (Å²) in [5, 5.41) is 0. The molecule has 0 fully saturated rings. The maximum absolute atomic E-state index is 5.89. The van der Waals surface area contributed by atoms with Gasteiger partial charge in [-0.15, -0.1) is 0 Å². The lowest BCUT2D eigenvalue weighted by Gasteiger charge is -2.16. The van der Waals surface area contributed by atoms with Gasteiger partial charge in [-0.05, 0) is 37.1 Å². The predicted octanol–water partition coefficient (Wildman–Crippen LogP) is 2.45. The summed E-state index contributed by atoms with van der Waals surface area (Å²) in [6.45, 7) is 7.37. The number of hydrogen-bond donors (Lipinski definition) is 1. The average molecular weight is 223 g/mol. The lowest BCUT2D eigenvalue weighted by atomic mass is 10.1. The summed E-state index contributed by atoms with van der Waals surface area (Å²) in [6, 6.07) is 7.68. The van der Waals surface area contributed by atoms with Gasteiger partial charge in [0.15, 0.2) is 0 Å². The first kappa shape index (κ1) is 12.8. The highest BCUT2D eigenvalue weighted by Crippen LogP contribution is 2.17. The molecular formula is C13H21NO2. The zero-order chi connectivity index (χ0) is 12.0. The second-order valence-electron chi connectivity index (χ2n) is 4.12. The smallest absolute Gasteiger partial charge is 0.119 e. The van der Waals surface area contributed by atoms with Crippen LogP contribution in [0.3, 0.4) is 0 Å². The molecule has 0 aliphatic heterocycles. The largest absolute Gasteiger partial charge is 0.494 e. The van der Waals surface area contributed by atoms with Gasteiger partial charge >= 0.3 is 0 Å². The van der Waals surface area contributed by atoms with E-state index in [1.54, 1.807) is 0 Å². The van der Waals surface area contributed by atoms with Gasteiger partial charge in [0, 0.05) is 6.04 Å². The van der Waals surface area contributed by atoms with Gasteiger partial charge in [0.25, 0.3) is 0 Å². The monoisotopic (exact) mass is 223 g/mol. The molecular weight excluding hydrogens is 202 g/mol. The Morgan fingerprint density at radius 2 is 1.56 bits per heavy atom. The molecule has 0 amide bonds. The zero-order valence-electron chi connectivity index (χ0n) is 10.3. The van der Waals surface area contributed by atoms with Crippen molar-refractivity contribution >= 4 is 0 Å². The maximum Gasteiger partial charge on any atom is 0.119 e. The number of rotatable bonds is 6. The number of hydrogen-bond acceptors (Lipinski definition) is 3. The lowest BCUT2D eigenvalue weighted by Crippen LogP contribution is -2.32. The molecule has 0 aliphatic rings. The second-order valence-corrected chi connectivity index (χ2v) is 4.12. The van der Waals surface area contributed by atoms with Gasteiger partial charge in [0.05, 0.1) is 6.61 Å². The Morgan fingerprint density at radius 3 is 2.00 bits per heavy atom. The molecule has 1 rings (SSSR count). The maximum atomic E-state index is 5.89. The van der Waals surface area contributed by atoms with Crippen molar-refractivity contribution in [3.8, 4) is 11.5 Å². The third-order valence-corrected chi connectivity index (χ3v) is 2.43. The molecule has 0 aromatic heterocycles. The lowest BCUT2D eigenvalue weighted by molar-refractivity contribution is 0.259. The SMILES string of the molecule is CCOc1ccc(OC[C@@H](N)C(C)C)cc1. The first-order chi connectivity index (χ1) is 7.63. The zero-order valence-corrected chi connectivity index (χ0v) is 10.3. The van der Waals surface area contributed by atoms with Gasteiger partial charge in [-0.25, -0.2) is 0 Å². The first-order valence-corrected chi connectivity index (χ1v) is 5.74. The van der Waals surface area contributed by atoms with E-state index in [4.69, 9.17) is 15.2 Å². The summed E-state index contributed by atoms with van der Waals surface area (Å²) in [6.07, 6.45) is 0. The molecule has 0 spiro atoms. The highest BCUT2D eigenvalue weighted by atomic mass is 16.5. The minimum absolute atomic E-state index is 0.0755. The summed E-state index contributed by atoms with van der Waals surface area (Å²) in [5.74, 6) is 2.13. The Balaban J connectivity index is 2.43. The first-order valence-electron chi connectivity index (χ1n) is 5.74. The van der Waals surface area contributed by atoms with E-state index >= 15 is 0 Å². The van der Waals surface area contributed by atoms with Crippen molar-refractivity contribution < 1.29 is 9.47 Å². The molecule has 1 aromatic carbocycles. The number of ether oxygens (including phenoxy) is 2. The topological polar surface area (TPSA) is 44.5 Å². The van der Waals surface area contributed by atoms with Crippen LogP contribution < -0.4 is 15.2 Å². The molecule has 90 valence electrons. The van der Waals surface area contributed by atoms with E-state index in [2.05, 4.69) is 13.8 Å². The van der Waals surface area contributed by atoms with Crippen LogP contribution in [-0.4, -0.2) is 19.3 Å². The Labute approximate surface area is 97.6 Å². The van der Waals surface area contributed by atoms with E-state index in [1.165, 1.54) is 0 Å². The molecule has 0 unspecified atom stereocenters. The normalized spacial score (nSPS) is 12.6. The fourth-order valence-corrected chi connectivity index (χ4v) is 1.18. The number of nitrogens with two attached hydrogens (primary N) is 1. The van der Waals surface area contributed by atoms with Crippen molar-refractivity contribution in [2.75, 3.05) is 13.2 Å². The van der Waals surface area contributed by atoms with Crippen LogP contribution in [0.25, 0.3) is 0 Å². The summed E-state index contributed by atoms with van der Waals surface area (Å²) in [5.41, 5.74) is 5.89. The second kappa shape index (κ2) is 6.38. The molecule has 3 heteroatoms. The Bertz CT molecular complexity index is 295. The fourth-order valence-electron chi connectivity index (χ4n) is 1.18. The third kappa shape index (κ3) is 4.11. The van der Waals surface area contributed by atoms with Crippen LogP contribution >= 0.6 is 0 Å². The molecule has 0 bridgehead atoms. The van der Waals surface area contributed by atoms with Crippen LogP contribution in [0.5, 0.6) is 11.5 Å². The third-order valence-electron chi connectivity index (χ3n) is 2.43. The van der Waals surface area contributed by atoms with E-state index in [0.717, 1.165) is 11.5 Å². The summed E-state index contributed by atoms with van der Waals surface area (Å²) >= 11 is 0. The van der Waals surface area contributed by atoms with E-state index < -0.39 is 0 Å². The van der Waals surface area contributed by atoms with E-state index in [-0.39, 0.29) is 6.04 Å². The van der Waals surface area contributed by atoms with Crippen LogP contribution in [-0.2, 0) is 0 Å². The van der Waals surface area contributed by atoms with Gasteiger partial charge in [-0.3, -0.25) is 0 Å². The van der Waals surface area contributed by atoms with Gasteiger partial charge in [-0.2, -0.15) is 0 Å². The standard InChI is InChI=1S/C13H21NO2/c1-4-15-11-5-7-12(8-6-11)16-9-13(14)10(2)3/h5-8,10,13H,4,9,14H2,1-3H3/t13-/m1/s1. The molecule has 0 saturated heterocycles. The number of benzene rings is 1. The fraction of sp³-hybridized carbons (Fsp3) is 0.538. The summed E-state index contributed by atoms with van der Waals surface area (Å²) in [4.78, 5) is 0. The minimum atomic E-state index is 0.0755. The van der Waals surface area contributed by atoms with Crippen LogP contribution in [0.2, 0.25) is 0 Å². The molecule has 2 N–H and O–H groups in total. The van der Waals surface area contributed by atoms with Crippen LogP contribution in [0.1, 0.15) is 20.8 Å². The summed E-state index contributed by atoms with van der Waals surface area (Å²) < 4.78 is 10.9. The predicted molar refractivity (Wildman–Crippen MR) is 65.9 cm³/mol. The molecule has 0 saturated carbocycles. The van der Waals surface area contributed by atoms with E-state index in [9.17, 15) is 0 Å². The van der Waals surface area contributed by atoms with Gasteiger partial charge in [0.2, 0.25) is 0 Å². The van der Waals surface area contributed by atoms with Crippen molar-refractivity contribution in [1.29, 1.82) is 0 Å². The van der Waals surface area contributed by atoms with E-state index in [0.29, 0.717) is 19.1 Å². The van der Waals surface area contributed by atoms with E-state index in [1.807, 2.05) is 31.2 Å². The molecule has 0 radical (unpaired) electrons. The Hall–Kier alpha value is -1.22. The van der Waals surface area contributed by atoms with Gasteiger partial charge < -0.3 is 15.2 Å². The van der Waals surface area contributed by atoms with Crippen molar-refractivity contribution in [2.24, 2.45) is 11.7 Å². The van der Waals surface area contributed by atoms with Crippen molar-refractivity contribution in [3.63, 3.8) is 0 Å². The minimum Gasteiger partial charge on any atom is -0.494 e. The van der Waals surface area contributed by atoms with Gasteiger partial charge in [-0.1, -0.05) is 13.8 Å². The van der Waals surface area contributed by atoms with Crippen LogP contribution in [0.4, 0.5) is 0 Å². The highest BCUT2D eigenvalue weighted by Gasteiger charge is 2.07. The molecule has 1 atom stereocenters. The van der Waals surface area contributed by atoms with Crippen LogP contribution in [0.15, 0.2) is 24.3 Å². The van der Waals surface area contributed by atoms with Crippen molar-refractivity contribution in [1.82, 2.24) is 0 Å². The molecule has 1 aromatic rings. The van der Waals surface area contributed by atoms with Crippen molar-refractivity contribution in [2.45, 2.75) is 26.8 Å². The van der Waals surface area contributed by atoms with Gasteiger partial charge in [0.1, 0.15) is 18.1 Å². The molecule has 3 nitrogen and oxygen atoms in total. The van der Waals surface area contributed by atoms with Crippen LogP contribution in [0, 0.1) is 5.92 Å². The summed E-state index contributed by atoms with van der Waals surface area (Å²) in [7, 11) is 0. The average Bonchev–Trinajstić information content (AvgIpc) is 2.28. The Morgan fingerprint density at radius 1 is 1.06 bits per heavy atom. The quantitative estimate of drug-likeness (QED) is 0.805. The highest BCUT2D eigenvalue weighted by molar-refractivity contribution is 5.31. The molecule has 0 aliphatic carbocycles. The Kier molecular flexibility index (Phi) is 5.12.